The highest BCUT2D eigenvalue weighted by Crippen LogP contribution is 2.42. The van der Waals surface area contributed by atoms with Gasteiger partial charge >= 0.3 is 0 Å². The molecule has 0 aliphatic carbocycles. The highest BCUT2D eigenvalue weighted by molar-refractivity contribution is 14.1. The van der Waals surface area contributed by atoms with Crippen molar-refractivity contribution in [1.29, 1.82) is 0 Å². The van der Waals surface area contributed by atoms with Gasteiger partial charge in [0, 0.05) is 8.04 Å². The Morgan fingerprint density at radius 3 is 0.929 bits per heavy atom. The first kappa shape index (κ1) is 26.9. The molecule has 0 saturated heterocycles. The Hall–Kier alpha value is -3.99. The number of fused-ring (bicyclic) bond motifs is 4. The highest BCUT2D eigenvalue weighted by Gasteiger charge is 2.14. The molecule has 0 aliphatic heterocycles. The van der Waals surface area contributed by atoms with Crippen molar-refractivity contribution in [3.63, 3.8) is 0 Å². The van der Waals surface area contributed by atoms with Gasteiger partial charge in [-0.15, -0.1) is 0 Å². The van der Waals surface area contributed by atoms with E-state index in [2.05, 4.69) is 196 Å². The summed E-state index contributed by atoms with van der Waals surface area (Å²) < 4.78 is 2.51. The van der Waals surface area contributed by atoms with Gasteiger partial charge in [-0.25, -0.2) is 0 Å². The first-order chi connectivity index (χ1) is 20.7. The number of hydrogen-bond acceptors (Lipinski definition) is 0. The Labute approximate surface area is 267 Å². The second kappa shape index (κ2) is 11.7. The van der Waals surface area contributed by atoms with Crippen LogP contribution in [0.2, 0.25) is 0 Å². The average Bonchev–Trinajstić information content (AvgIpc) is 3.06. The topological polar surface area (TPSA) is 0 Å². The standard InChI is InChI=1S/C20H13Br.C20H13I/c2*21-20-17-12-6-4-10-15(17)19(14-8-2-1-3-9-14)16-11-5-7-13-18(16)20/h2*1-13H. The van der Waals surface area contributed by atoms with Gasteiger partial charge in [0.25, 0.3) is 0 Å². The molecule has 0 unspecified atom stereocenters. The largest absolute Gasteiger partial charge is 0.0622 e. The lowest BCUT2D eigenvalue weighted by molar-refractivity contribution is 1.66. The summed E-state index contributed by atoms with van der Waals surface area (Å²) in [5.41, 5.74) is 5.19. The summed E-state index contributed by atoms with van der Waals surface area (Å²) in [5.74, 6) is 0. The zero-order chi connectivity index (χ0) is 28.5. The first-order valence-electron chi connectivity index (χ1n) is 14.0. The number of halogens is 2. The molecule has 0 nitrogen and oxygen atoms in total. The Morgan fingerprint density at radius 2 is 0.571 bits per heavy atom. The third-order valence-corrected chi connectivity index (χ3v) is 9.87. The summed E-state index contributed by atoms with van der Waals surface area (Å²) in [6.45, 7) is 0. The molecule has 0 radical (unpaired) electrons. The molecule has 0 amide bonds. The second-order valence-corrected chi connectivity index (χ2v) is 12.2. The highest BCUT2D eigenvalue weighted by atomic mass is 127. The van der Waals surface area contributed by atoms with Crippen molar-refractivity contribution in [2.24, 2.45) is 0 Å². The van der Waals surface area contributed by atoms with Gasteiger partial charge in [-0.1, -0.05) is 158 Å². The molecule has 200 valence electrons. The lowest BCUT2D eigenvalue weighted by Gasteiger charge is -2.14. The lowest BCUT2D eigenvalue weighted by Crippen LogP contribution is -1.88. The van der Waals surface area contributed by atoms with Crippen LogP contribution in [0, 0.1) is 3.57 Å². The van der Waals surface area contributed by atoms with Crippen LogP contribution in [-0.4, -0.2) is 0 Å². The van der Waals surface area contributed by atoms with Crippen LogP contribution in [0.1, 0.15) is 0 Å². The minimum absolute atomic E-state index is 1.17. The maximum absolute atomic E-state index is 3.79. The SMILES string of the molecule is Brc1c2ccccc2c(-c2ccccc2)c2ccccc12.Ic1c2ccccc2c(-c2ccccc2)c2ccccc12. The minimum atomic E-state index is 1.17. The summed E-state index contributed by atoms with van der Waals surface area (Å²) in [4.78, 5) is 0. The predicted octanol–water partition coefficient (Wildman–Crippen LogP) is 12.7. The number of benzene rings is 8. The zero-order valence-electron chi connectivity index (χ0n) is 22.8. The van der Waals surface area contributed by atoms with Crippen molar-refractivity contribution in [1.82, 2.24) is 0 Å². The average molecular weight is 713 g/mol. The van der Waals surface area contributed by atoms with Crippen LogP contribution in [0.3, 0.4) is 0 Å². The third-order valence-electron chi connectivity index (χ3n) is 7.86. The summed E-state index contributed by atoms with van der Waals surface area (Å²) in [7, 11) is 0. The van der Waals surface area contributed by atoms with E-state index in [1.54, 1.807) is 0 Å². The lowest BCUT2D eigenvalue weighted by atomic mass is 9.92. The van der Waals surface area contributed by atoms with Crippen molar-refractivity contribution >= 4 is 81.6 Å². The number of hydrogen-bond donors (Lipinski definition) is 0. The fourth-order valence-corrected chi connectivity index (χ4v) is 7.61. The molecule has 0 bridgehead atoms. The van der Waals surface area contributed by atoms with E-state index in [0.717, 1.165) is 0 Å². The van der Waals surface area contributed by atoms with E-state index in [-0.39, 0.29) is 0 Å². The summed E-state index contributed by atoms with van der Waals surface area (Å²) >= 11 is 6.26. The second-order valence-electron chi connectivity index (χ2n) is 10.3. The fourth-order valence-electron chi connectivity index (χ4n) is 5.98. The quantitative estimate of drug-likeness (QED) is 0.124. The van der Waals surface area contributed by atoms with Crippen LogP contribution in [-0.2, 0) is 0 Å². The monoisotopic (exact) mass is 712 g/mol. The summed E-state index contributed by atoms with van der Waals surface area (Å²) in [5, 5.41) is 10.4. The van der Waals surface area contributed by atoms with Crippen LogP contribution >= 0.6 is 38.5 Å². The zero-order valence-corrected chi connectivity index (χ0v) is 26.5. The Kier molecular flexibility index (Phi) is 7.50. The maximum atomic E-state index is 3.79. The van der Waals surface area contributed by atoms with Gasteiger partial charge < -0.3 is 0 Å². The molecule has 0 fully saturated rings. The van der Waals surface area contributed by atoms with E-state index < -0.39 is 0 Å². The van der Waals surface area contributed by atoms with Gasteiger partial charge in [-0.3, -0.25) is 0 Å². The van der Waals surface area contributed by atoms with Gasteiger partial charge in [0.1, 0.15) is 0 Å². The molecule has 0 spiro atoms. The maximum Gasteiger partial charge on any atom is 0.0332 e. The summed E-state index contributed by atoms with van der Waals surface area (Å²) in [6, 6.07) is 55.8. The van der Waals surface area contributed by atoms with Crippen molar-refractivity contribution in [2.75, 3.05) is 0 Å². The molecule has 0 N–H and O–H groups in total. The molecule has 0 aromatic heterocycles. The molecule has 8 aromatic rings. The molecule has 0 atom stereocenters. The van der Waals surface area contributed by atoms with Crippen LogP contribution in [0.4, 0.5) is 0 Å². The van der Waals surface area contributed by atoms with E-state index >= 15 is 0 Å². The molecule has 2 heteroatoms. The van der Waals surface area contributed by atoms with Crippen LogP contribution in [0.5, 0.6) is 0 Å². The Morgan fingerprint density at radius 1 is 0.310 bits per heavy atom. The van der Waals surface area contributed by atoms with Crippen molar-refractivity contribution in [2.45, 2.75) is 0 Å². The third kappa shape index (κ3) is 4.79. The van der Waals surface area contributed by atoms with Gasteiger partial charge in [0.15, 0.2) is 0 Å². The molecule has 0 saturated carbocycles. The Balaban J connectivity index is 0.000000137. The molecular formula is C40H26BrI. The molecule has 8 rings (SSSR count). The van der Waals surface area contributed by atoms with Gasteiger partial charge in [0.2, 0.25) is 0 Å². The summed E-state index contributed by atoms with van der Waals surface area (Å²) in [6.07, 6.45) is 0. The van der Waals surface area contributed by atoms with E-state index in [9.17, 15) is 0 Å². The molecule has 0 heterocycles. The van der Waals surface area contributed by atoms with Gasteiger partial charge in [-0.05, 0) is 104 Å². The van der Waals surface area contributed by atoms with E-state index in [4.69, 9.17) is 0 Å². The minimum Gasteiger partial charge on any atom is -0.0622 e. The Bertz CT molecular complexity index is 1930. The molecule has 0 aliphatic rings. The van der Waals surface area contributed by atoms with E-state index in [0.29, 0.717) is 0 Å². The van der Waals surface area contributed by atoms with Crippen molar-refractivity contribution in [3.05, 3.63) is 166 Å². The molecule has 42 heavy (non-hydrogen) atoms. The number of rotatable bonds is 2. The van der Waals surface area contributed by atoms with E-state index in [1.165, 1.54) is 73.4 Å². The van der Waals surface area contributed by atoms with Gasteiger partial charge in [0.05, 0.1) is 0 Å². The molecule has 8 aromatic carbocycles. The predicted molar refractivity (Wildman–Crippen MR) is 194 cm³/mol. The van der Waals surface area contributed by atoms with Crippen molar-refractivity contribution < 1.29 is 0 Å². The fraction of sp³-hybridized carbons (Fsp3) is 0. The van der Waals surface area contributed by atoms with Crippen LogP contribution < -0.4 is 0 Å². The van der Waals surface area contributed by atoms with Gasteiger partial charge in [-0.2, -0.15) is 0 Å². The van der Waals surface area contributed by atoms with Crippen LogP contribution in [0.25, 0.3) is 65.3 Å². The van der Waals surface area contributed by atoms with Crippen molar-refractivity contribution in [3.8, 4) is 22.3 Å². The smallest absolute Gasteiger partial charge is 0.0332 e. The molecular weight excluding hydrogens is 687 g/mol. The van der Waals surface area contributed by atoms with Crippen LogP contribution in [0.15, 0.2) is 162 Å². The van der Waals surface area contributed by atoms with E-state index in [1.807, 2.05) is 0 Å². The first-order valence-corrected chi connectivity index (χ1v) is 15.9. The normalized spacial score (nSPS) is 11.1.